The minimum atomic E-state index is -0.607. The SMILES string of the molecule is CCc1ccccc1NC(=O)CN(C)C(=O)COC(=O)/C=C/c1ccsc1. The number of thiophene rings is 1. The van der Waals surface area contributed by atoms with Crippen molar-refractivity contribution in [3.05, 3.63) is 58.3 Å². The van der Waals surface area contributed by atoms with E-state index in [1.165, 1.54) is 29.4 Å². The van der Waals surface area contributed by atoms with E-state index in [1.54, 1.807) is 6.08 Å². The first-order valence-electron chi connectivity index (χ1n) is 8.48. The second kappa shape index (κ2) is 10.3. The van der Waals surface area contributed by atoms with Crippen LogP contribution in [-0.4, -0.2) is 42.9 Å². The molecule has 27 heavy (non-hydrogen) atoms. The van der Waals surface area contributed by atoms with Crippen LogP contribution in [0.4, 0.5) is 5.69 Å². The summed E-state index contributed by atoms with van der Waals surface area (Å²) in [5.74, 6) is -1.37. The Labute approximate surface area is 162 Å². The van der Waals surface area contributed by atoms with Gasteiger partial charge >= 0.3 is 5.97 Å². The molecule has 1 heterocycles. The zero-order chi connectivity index (χ0) is 19.6. The largest absolute Gasteiger partial charge is 0.452 e. The normalized spacial score (nSPS) is 10.6. The monoisotopic (exact) mass is 386 g/mol. The Bertz CT molecular complexity index is 815. The van der Waals surface area contributed by atoms with Gasteiger partial charge in [0, 0.05) is 18.8 Å². The molecular weight excluding hydrogens is 364 g/mol. The number of para-hydroxylation sites is 1. The highest BCUT2D eigenvalue weighted by molar-refractivity contribution is 7.08. The number of hydrogen-bond donors (Lipinski definition) is 1. The Morgan fingerprint density at radius 1 is 1.22 bits per heavy atom. The standard InChI is InChI=1S/C20H22N2O4S/c1-3-16-6-4-5-7-17(16)21-18(23)12-22(2)19(24)13-26-20(25)9-8-15-10-11-27-14-15/h4-11,14H,3,12-13H2,1-2H3,(H,21,23)/b9-8+. The lowest BCUT2D eigenvalue weighted by atomic mass is 10.1. The molecule has 0 aliphatic rings. The number of esters is 1. The maximum atomic E-state index is 12.1. The zero-order valence-electron chi connectivity index (χ0n) is 15.3. The summed E-state index contributed by atoms with van der Waals surface area (Å²) in [4.78, 5) is 37.0. The van der Waals surface area contributed by atoms with Gasteiger partial charge in [0.1, 0.15) is 0 Å². The van der Waals surface area contributed by atoms with Crippen molar-refractivity contribution in [3.63, 3.8) is 0 Å². The molecule has 0 aliphatic heterocycles. The highest BCUT2D eigenvalue weighted by atomic mass is 32.1. The molecule has 0 atom stereocenters. The van der Waals surface area contributed by atoms with E-state index < -0.39 is 18.5 Å². The highest BCUT2D eigenvalue weighted by Gasteiger charge is 2.15. The molecule has 2 rings (SSSR count). The van der Waals surface area contributed by atoms with Crippen molar-refractivity contribution in [1.29, 1.82) is 0 Å². The second-order valence-electron chi connectivity index (χ2n) is 5.81. The number of carbonyl (C=O) groups is 3. The van der Waals surface area contributed by atoms with Gasteiger partial charge < -0.3 is 15.0 Å². The van der Waals surface area contributed by atoms with Crippen molar-refractivity contribution in [2.45, 2.75) is 13.3 Å². The number of amides is 2. The Balaban J connectivity index is 1.77. The van der Waals surface area contributed by atoms with E-state index in [0.29, 0.717) is 0 Å². The maximum Gasteiger partial charge on any atom is 0.331 e. The van der Waals surface area contributed by atoms with Crippen molar-refractivity contribution in [3.8, 4) is 0 Å². The minimum Gasteiger partial charge on any atom is -0.452 e. The van der Waals surface area contributed by atoms with E-state index in [2.05, 4.69) is 5.32 Å². The van der Waals surface area contributed by atoms with E-state index in [-0.39, 0.29) is 12.5 Å². The number of nitrogens with one attached hydrogen (secondary N) is 1. The summed E-state index contributed by atoms with van der Waals surface area (Å²) in [5.41, 5.74) is 2.64. The van der Waals surface area contributed by atoms with Gasteiger partial charge in [0.2, 0.25) is 5.91 Å². The molecule has 0 fully saturated rings. The van der Waals surface area contributed by atoms with Crippen LogP contribution >= 0.6 is 11.3 Å². The van der Waals surface area contributed by atoms with Crippen molar-refractivity contribution in [2.75, 3.05) is 25.5 Å². The number of benzene rings is 1. The maximum absolute atomic E-state index is 12.1. The van der Waals surface area contributed by atoms with Crippen LogP contribution in [0.1, 0.15) is 18.1 Å². The van der Waals surface area contributed by atoms with Crippen molar-refractivity contribution in [1.82, 2.24) is 4.90 Å². The molecule has 7 heteroatoms. The molecule has 1 aromatic heterocycles. The van der Waals surface area contributed by atoms with Gasteiger partial charge in [-0.05, 0) is 46.5 Å². The zero-order valence-corrected chi connectivity index (χ0v) is 16.1. The summed E-state index contributed by atoms with van der Waals surface area (Å²) >= 11 is 1.52. The summed E-state index contributed by atoms with van der Waals surface area (Å²) in [6, 6.07) is 9.37. The lowest BCUT2D eigenvalue weighted by Gasteiger charge is -2.17. The summed E-state index contributed by atoms with van der Waals surface area (Å²) < 4.78 is 4.91. The molecular formula is C20H22N2O4S. The number of carbonyl (C=O) groups excluding carboxylic acids is 3. The fraction of sp³-hybridized carbons (Fsp3) is 0.250. The van der Waals surface area contributed by atoms with Gasteiger partial charge in [-0.2, -0.15) is 11.3 Å². The van der Waals surface area contributed by atoms with E-state index in [0.717, 1.165) is 23.2 Å². The number of rotatable bonds is 8. The molecule has 0 unspecified atom stereocenters. The van der Waals surface area contributed by atoms with Crippen LogP contribution in [0, 0.1) is 0 Å². The first kappa shape index (κ1) is 20.4. The quantitative estimate of drug-likeness (QED) is 0.559. The van der Waals surface area contributed by atoms with Gasteiger partial charge in [-0.15, -0.1) is 0 Å². The molecule has 0 saturated carbocycles. The molecule has 142 valence electrons. The molecule has 1 N–H and O–H groups in total. The lowest BCUT2D eigenvalue weighted by molar-refractivity contribution is -0.148. The predicted molar refractivity (Wildman–Crippen MR) is 106 cm³/mol. The van der Waals surface area contributed by atoms with Crippen LogP contribution in [0.15, 0.2) is 47.2 Å². The third-order valence-electron chi connectivity index (χ3n) is 3.77. The first-order chi connectivity index (χ1) is 13.0. The Hall–Kier alpha value is -2.93. The van der Waals surface area contributed by atoms with Crippen LogP contribution < -0.4 is 5.32 Å². The molecule has 0 saturated heterocycles. The summed E-state index contributed by atoms with van der Waals surface area (Å²) in [6.07, 6.45) is 3.68. The average Bonchev–Trinajstić information content (AvgIpc) is 3.18. The number of aryl methyl sites for hydroxylation is 1. The van der Waals surface area contributed by atoms with Gasteiger partial charge in [-0.1, -0.05) is 25.1 Å². The van der Waals surface area contributed by atoms with Gasteiger partial charge in [-0.3, -0.25) is 9.59 Å². The van der Waals surface area contributed by atoms with Gasteiger partial charge in [0.25, 0.3) is 5.91 Å². The molecule has 0 spiro atoms. The van der Waals surface area contributed by atoms with Gasteiger partial charge in [-0.25, -0.2) is 4.79 Å². The third kappa shape index (κ3) is 6.71. The number of hydrogen-bond acceptors (Lipinski definition) is 5. The number of nitrogens with zero attached hydrogens (tertiary/aromatic N) is 1. The fourth-order valence-corrected chi connectivity index (χ4v) is 2.90. The van der Waals surface area contributed by atoms with E-state index in [1.807, 2.05) is 48.0 Å². The summed E-state index contributed by atoms with van der Waals surface area (Å²) in [6.45, 7) is 1.46. The fourth-order valence-electron chi connectivity index (χ4n) is 2.27. The molecule has 2 amide bonds. The topological polar surface area (TPSA) is 75.7 Å². The average molecular weight is 386 g/mol. The smallest absolute Gasteiger partial charge is 0.331 e. The van der Waals surface area contributed by atoms with Crippen LogP contribution in [0.2, 0.25) is 0 Å². The van der Waals surface area contributed by atoms with Crippen LogP contribution in [0.5, 0.6) is 0 Å². The van der Waals surface area contributed by atoms with Crippen LogP contribution in [-0.2, 0) is 25.5 Å². The molecule has 6 nitrogen and oxygen atoms in total. The number of ether oxygens (including phenoxy) is 1. The van der Waals surface area contributed by atoms with Gasteiger partial charge in [0.15, 0.2) is 6.61 Å². The predicted octanol–water partition coefficient (Wildman–Crippen LogP) is 2.96. The van der Waals surface area contributed by atoms with E-state index in [9.17, 15) is 14.4 Å². The van der Waals surface area contributed by atoms with Crippen molar-refractivity contribution in [2.24, 2.45) is 0 Å². The molecule has 2 aromatic rings. The summed E-state index contributed by atoms with van der Waals surface area (Å²) in [7, 11) is 1.49. The Kier molecular flexibility index (Phi) is 7.76. The number of anilines is 1. The second-order valence-corrected chi connectivity index (χ2v) is 6.59. The molecule has 0 aliphatic carbocycles. The number of likely N-dealkylation sites (N-methyl/N-ethyl adjacent to an activating group) is 1. The van der Waals surface area contributed by atoms with E-state index in [4.69, 9.17) is 4.74 Å². The third-order valence-corrected chi connectivity index (χ3v) is 4.47. The lowest BCUT2D eigenvalue weighted by Crippen LogP contribution is -2.37. The van der Waals surface area contributed by atoms with Gasteiger partial charge in [0.05, 0.1) is 6.54 Å². The minimum absolute atomic E-state index is 0.126. The van der Waals surface area contributed by atoms with Crippen LogP contribution in [0.25, 0.3) is 6.08 Å². The van der Waals surface area contributed by atoms with Crippen molar-refractivity contribution >= 4 is 40.9 Å². The molecule has 0 radical (unpaired) electrons. The summed E-state index contributed by atoms with van der Waals surface area (Å²) in [5, 5.41) is 6.58. The van der Waals surface area contributed by atoms with Crippen LogP contribution in [0.3, 0.4) is 0 Å². The first-order valence-corrected chi connectivity index (χ1v) is 9.42. The Morgan fingerprint density at radius 2 is 2.00 bits per heavy atom. The van der Waals surface area contributed by atoms with Crippen molar-refractivity contribution < 1.29 is 19.1 Å². The highest BCUT2D eigenvalue weighted by Crippen LogP contribution is 2.15. The molecule has 1 aromatic carbocycles. The van der Waals surface area contributed by atoms with E-state index >= 15 is 0 Å². The Morgan fingerprint density at radius 3 is 2.70 bits per heavy atom. The molecule has 0 bridgehead atoms.